The molecule has 0 saturated carbocycles. The van der Waals surface area contributed by atoms with Gasteiger partial charge in [0.1, 0.15) is 5.60 Å². The van der Waals surface area contributed by atoms with Crippen LogP contribution in [-0.2, 0) is 4.74 Å². The lowest BCUT2D eigenvalue weighted by Crippen LogP contribution is -2.45. The Bertz CT molecular complexity index is 652. The number of hydrogen-bond acceptors (Lipinski definition) is 4. The van der Waals surface area contributed by atoms with Crippen LogP contribution in [0.2, 0.25) is 0 Å². The zero-order chi connectivity index (χ0) is 20.6. The number of rotatable bonds is 6. The molecule has 7 nitrogen and oxygen atoms in total. The molecule has 28 heavy (non-hydrogen) atoms. The highest BCUT2D eigenvalue weighted by Gasteiger charge is 2.23. The maximum absolute atomic E-state index is 11.6. The quantitative estimate of drug-likeness (QED) is 0.396. The van der Waals surface area contributed by atoms with Crippen molar-refractivity contribution in [3.63, 3.8) is 0 Å². The van der Waals surface area contributed by atoms with Crippen LogP contribution in [0.5, 0.6) is 0 Å². The zero-order valence-electron chi connectivity index (χ0n) is 17.8. The number of amides is 1. The summed E-state index contributed by atoms with van der Waals surface area (Å²) in [6.45, 7) is 11.0. The third-order valence-corrected chi connectivity index (χ3v) is 4.47. The zero-order valence-corrected chi connectivity index (χ0v) is 17.8. The molecule has 0 spiro atoms. The van der Waals surface area contributed by atoms with Crippen molar-refractivity contribution in [1.82, 2.24) is 16.0 Å². The monoisotopic (exact) mass is 389 g/mol. The van der Waals surface area contributed by atoms with Gasteiger partial charge in [-0.25, -0.2) is 4.79 Å². The summed E-state index contributed by atoms with van der Waals surface area (Å²) in [5, 5.41) is 9.57. The molecular weight excluding hydrogens is 354 g/mol. The van der Waals surface area contributed by atoms with E-state index in [1.807, 2.05) is 20.8 Å². The van der Waals surface area contributed by atoms with E-state index in [1.165, 1.54) is 11.3 Å². The van der Waals surface area contributed by atoms with Crippen LogP contribution in [0.3, 0.4) is 0 Å². The van der Waals surface area contributed by atoms with Gasteiger partial charge < -0.3 is 25.6 Å². The van der Waals surface area contributed by atoms with E-state index in [1.54, 1.807) is 7.05 Å². The number of guanidine groups is 1. The molecule has 156 valence electrons. The van der Waals surface area contributed by atoms with E-state index in [4.69, 9.17) is 4.74 Å². The normalized spacial score (nSPS) is 17.4. The number of alkyl carbamates (subject to hydrolysis) is 1. The van der Waals surface area contributed by atoms with Crippen LogP contribution >= 0.6 is 0 Å². The van der Waals surface area contributed by atoms with Gasteiger partial charge in [-0.05, 0) is 52.7 Å². The van der Waals surface area contributed by atoms with Gasteiger partial charge in [0.15, 0.2) is 5.96 Å². The molecule has 1 saturated heterocycles. The number of aliphatic imine (C=N–C) groups is 1. The third kappa shape index (κ3) is 7.66. The Labute approximate surface area is 168 Å². The van der Waals surface area contributed by atoms with Crippen LogP contribution in [0.15, 0.2) is 29.3 Å². The number of nitrogens with zero attached hydrogens (tertiary/aromatic N) is 2. The van der Waals surface area contributed by atoms with Crippen LogP contribution in [0.25, 0.3) is 0 Å². The van der Waals surface area contributed by atoms with Gasteiger partial charge in [-0.3, -0.25) is 4.99 Å². The van der Waals surface area contributed by atoms with Crippen molar-refractivity contribution in [3.8, 4) is 0 Å². The van der Waals surface area contributed by atoms with Gasteiger partial charge in [0, 0.05) is 45.0 Å². The predicted octanol–water partition coefficient (Wildman–Crippen LogP) is 2.65. The molecule has 1 atom stereocenters. The van der Waals surface area contributed by atoms with Gasteiger partial charge >= 0.3 is 6.09 Å². The Morgan fingerprint density at radius 2 is 1.89 bits per heavy atom. The largest absolute Gasteiger partial charge is 0.444 e. The van der Waals surface area contributed by atoms with Crippen molar-refractivity contribution in [2.45, 2.75) is 52.2 Å². The molecule has 0 aliphatic carbocycles. The van der Waals surface area contributed by atoms with Crippen molar-refractivity contribution in [3.05, 3.63) is 29.8 Å². The summed E-state index contributed by atoms with van der Waals surface area (Å²) in [6.07, 6.45) is 1.49. The first-order valence-electron chi connectivity index (χ1n) is 10.0. The molecule has 2 rings (SSSR count). The van der Waals surface area contributed by atoms with E-state index in [2.05, 4.69) is 57.0 Å². The molecular formula is C21H35N5O2. The van der Waals surface area contributed by atoms with Gasteiger partial charge in [-0.2, -0.15) is 0 Å². The molecule has 1 heterocycles. The summed E-state index contributed by atoms with van der Waals surface area (Å²) < 4.78 is 5.22. The average molecular weight is 390 g/mol. The summed E-state index contributed by atoms with van der Waals surface area (Å²) in [7, 11) is 1.78. The number of hydrogen-bond donors (Lipinski definition) is 3. The van der Waals surface area contributed by atoms with Crippen LogP contribution < -0.4 is 20.9 Å². The van der Waals surface area contributed by atoms with Crippen molar-refractivity contribution in [2.75, 3.05) is 38.1 Å². The Morgan fingerprint density at radius 1 is 1.21 bits per heavy atom. The van der Waals surface area contributed by atoms with Crippen LogP contribution in [-0.4, -0.2) is 56.9 Å². The lowest BCUT2D eigenvalue weighted by Gasteiger charge is -2.21. The standard InChI is InChI=1S/C21H35N5O2/c1-16-7-9-18(10-8-16)26-14-11-17(15-26)25-19(22-5)23-12-6-13-24-20(27)28-21(2,3)4/h7-10,17H,6,11-15H2,1-5H3,(H,24,27)(H2,22,23,25). The number of carbonyl (C=O) groups is 1. The molecule has 1 amide bonds. The summed E-state index contributed by atoms with van der Waals surface area (Å²) in [6, 6.07) is 9.04. The minimum absolute atomic E-state index is 0.368. The van der Waals surface area contributed by atoms with Crippen molar-refractivity contribution < 1.29 is 9.53 Å². The lowest BCUT2D eigenvalue weighted by atomic mass is 10.2. The van der Waals surface area contributed by atoms with Crippen LogP contribution in [0.4, 0.5) is 10.5 Å². The summed E-state index contributed by atoms with van der Waals surface area (Å²) >= 11 is 0. The van der Waals surface area contributed by atoms with Crippen LogP contribution in [0, 0.1) is 6.92 Å². The number of carbonyl (C=O) groups excluding carboxylic acids is 1. The van der Waals surface area contributed by atoms with Gasteiger partial charge in [-0.15, -0.1) is 0 Å². The molecule has 3 N–H and O–H groups in total. The van der Waals surface area contributed by atoms with Gasteiger partial charge in [0.25, 0.3) is 0 Å². The lowest BCUT2D eigenvalue weighted by molar-refractivity contribution is 0.0527. The second-order valence-electron chi connectivity index (χ2n) is 8.19. The van der Waals surface area contributed by atoms with Crippen molar-refractivity contribution in [2.24, 2.45) is 4.99 Å². The third-order valence-electron chi connectivity index (χ3n) is 4.47. The Kier molecular flexibility index (Phi) is 7.96. The maximum Gasteiger partial charge on any atom is 0.407 e. The van der Waals surface area contributed by atoms with Gasteiger partial charge in [0.2, 0.25) is 0 Å². The molecule has 1 unspecified atom stereocenters. The number of ether oxygens (including phenoxy) is 1. The highest BCUT2D eigenvalue weighted by molar-refractivity contribution is 5.80. The molecule has 7 heteroatoms. The molecule has 0 bridgehead atoms. The molecule has 1 aromatic rings. The summed E-state index contributed by atoms with van der Waals surface area (Å²) in [5.41, 5.74) is 2.08. The van der Waals surface area contributed by atoms with Crippen molar-refractivity contribution in [1.29, 1.82) is 0 Å². The van der Waals surface area contributed by atoms with E-state index in [0.717, 1.165) is 38.4 Å². The van der Waals surface area contributed by atoms with E-state index in [-0.39, 0.29) is 6.09 Å². The maximum atomic E-state index is 11.6. The van der Waals surface area contributed by atoms with E-state index >= 15 is 0 Å². The van der Waals surface area contributed by atoms with E-state index in [9.17, 15) is 4.79 Å². The highest BCUT2D eigenvalue weighted by Crippen LogP contribution is 2.20. The first kappa shape index (κ1) is 21.9. The SMILES string of the molecule is CN=C(NCCCNC(=O)OC(C)(C)C)NC1CCN(c2ccc(C)cc2)C1. The number of anilines is 1. The van der Waals surface area contributed by atoms with Crippen LogP contribution in [0.1, 0.15) is 39.2 Å². The Hall–Kier alpha value is -2.44. The topological polar surface area (TPSA) is 78.0 Å². The predicted molar refractivity (Wildman–Crippen MR) is 115 cm³/mol. The molecule has 1 aromatic carbocycles. The smallest absolute Gasteiger partial charge is 0.407 e. The fourth-order valence-electron chi connectivity index (χ4n) is 3.06. The minimum Gasteiger partial charge on any atom is -0.444 e. The minimum atomic E-state index is -0.470. The van der Waals surface area contributed by atoms with Crippen molar-refractivity contribution >= 4 is 17.7 Å². The molecule has 0 radical (unpaired) electrons. The molecule has 0 aromatic heterocycles. The molecule has 1 fully saturated rings. The van der Waals surface area contributed by atoms with Gasteiger partial charge in [0.05, 0.1) is 0 Å². The second-order valence-corrected chi connectivity index (χ2v) is 8.19. The highest BCUT2D eigenvalue weighted by atomic mass is 16.6. The summed E-state index contributed by atoms with van der Waals surface area (Å²) in [4.78, 5) is 18.3. The summed E-state index contributed by atoms with van der Waals surface area (Å²) in [5.74, 6) is 0.799. The Balaban J connectivity index is 1.65. The first-order chi connectivity index (χ1) is 13.3. The number of nitrogens with one attached hydrogen (secondary N) is 3. The van der Waals surface area contributed by atoms with E-state index in [0.29, 0.717) is 12.6 Å². The fraction of sp³-hybridized carbons (Fsp3) is 0.619. The first-order valence-corrected chi connectivity index (χ1v) is 10.0. The molecule has 1 aliphatic heterocycles. The fourth-order valence-corrected chi connectivity index (χ4v) is 3.06. The van der Waals surface area contributed by atoms with E-state index < -0.39 is 5.60 Å². The Morgan fingerprint density at radius 3 is 2.54 bits per heavy atom. The van der Waals surface area contributed by atoms with Gasteiger partial charge in [-0.1, -0.05) is 17.7 Å². The molecule has 1 aliphatic rings. The average Bonchev–Trinajstić information content (AvgIpc) is 3.08. The number of aryl methyl sites for hydroxylation is 1. The number of benzene rings is 1. The second kappa shape index (κ2) is 10.2.